The molecule has 7 heteroatoms. The minimum atomic E-state index is 0.0306. The Hall–Kier alpha value is -3.09. The van der Waals surface area contributed by atoms with E-state index in [-0.39, 0.29) is 5.91 Å². The van der Waals surface area contributed by atoms with Crippen molar-refractivity contribution in [1.29, 1.82) is 0 Å². The zero-order valence-electron chi connectivity index (χ0n) is 16.0. The first kappa shape index (κ1) is 18.3. The average Bonchev–Trinajstić information content (AvgIpc) is 3.16. The number of imidazole rings is 1. The van der Waals surface area contributed by atoms with E-state index in [2.05, 4.69) is 49.8 Å². The van der Waals surface area contributed by atoms with Crippen molar-refractivity contribution in [1.82, 2.24) is 19.7 Å². The molecule has 146 valence electrons. The predicted octanol–water partition coefficient (Wildman–Crippen LogP) is 2.84. The van der Waals surface area contributed by atoms with E-state index >= 15 is 0 Å². The van der Waals surface area contributed by atoms with Crippen molar-refractivity contribution < 1.29 is 4.79 Å². The standard InChI is InChI=1S/C21H26N6O/c28-21(8-9-23-20-16-24-19-15-22-10-13-27(19)20)25-14-17-4-6-18(7-5-17)26-11-2-1-3-12-26/h4-7,10,13,15-16,23H,1-3,8-9,11-12,14H2,(H,25,28). The Balaban J connectivity index is 1.21. The van der Waals surface area contributed by atoms with Crippen molar-refractivity contribution in [2.24, 2.45) is 0 Å². The fourth-order valence-corrected chi connectivity index (χ4v) is 3.54. The maximum absolute atomic E-state index is 12.1. The van der Waals surface area contributed by atoms with Crippen LogP contribution in [0, 0.1) is 0 Å². The molecule has 0 spiro atoms. The number of anilines is 2. The quantitative estimate of drug-likeness (QED) is 0.661. The van der Waals surface area contributed by atoms with Crippen molar-refractivity contribution in [3.8, 4) is 0 Å². The molecule has 2 aromatic heterocycles. The Morgan fingerprint density at radius 1 is 1.07 bits per heavy atom. The number of carbonyl (C=O) groups is 1. The molecule has 0 atom stereocenters. The third kappa shape index (κ3) is 4.42. The minimum absolute atomic E-state index is 0.0306. The number of benzene rings is 1. The fraction of sp³-hybridized carbons (Fsp3) is 0.381. The van der Waals surface area contributed by atoms with Crippen molar-refractivity contribution in [3.05, 3.63) is 54.6 Å². The van der Waals surface area contributed by atoms with Crippen LogP contribution in [0.5, 0.6) is 0 Å². The smallest absolute Gasteiger partial charge is 0.222 e. The van der Waals surface area contributed by atoms with Gasteiger partial charge in [-0.25, -0.2) is 4.98 Å². The summed E-state index contributed by atoms with van der Waals surface area (Å²) >= 11 is 0. The summed E-state index contributed by atoms with van der Waals surface area (Å²) in [5.41, 5.74) is 3.18. The number of nitrogens with one attached hydrogen (secondary N) is 2. The molecule has 28 heavy (non-hydrogen) atoms. The molecule has 3 aromatic rings. The third-order valence-corrected chi connectivity index (χ3v) is 5.12. The number of nitrogens with zero attached hydrogens (tertiary/aromatic N) is 4. The van der Waals surface area contributed by atoms with Gasteiger partial charge in [0.05, 0.1) is 12.4 Å². The SMILES string of the molecule is O=C(CCNc1cnc2cnccn12)NCc1ccc(N2CCCCC2)cc1. The second-order valence-electron chi connectivity index (χ2n) is 7.12. The Kier molecular flexibility index (Phi) is 5.70. The molecule has 4 rings (SSSR count). The van der Waals surface area contributed by atoms with Crippen LogP contribution in [0.1, 0.15) is 31.2 Å². The summed E-state index contributed by atoms with van der Waals surface area (Å²) in [6.07, 6.45) is 11.3. The van der Waals surface area contributed by atoms with Gasteiger partial charge in [-0.2, -0.15) is 0 Å². The zero-order valence-corrected chi connectivity index (χ0v) is 16.0. The largest absolute Gasteiger partial charge is 0.372 e. The lowest BCUT2D eigenvalue weighted by molar-refractivity contribution is -0.121. The van der Waals surface area contributed by atoms with Crippen molar-refractivity contribution in [3.63, 3.8) is 0 Å². The first-order valence-corrected chi connectivity index (χ1v) is 9.91. The number of rotatable bonds is 7. The summed E-state index contributed by atoms with van der Waals surface area (Å²) in [6, 6.07) is 8.53. The molecule has 0 aliphatic carbocycles. The highest BCUT2D eigenvalue weighted by Gasteiger charge is 2.10. The van der Waals surface area contributed by atoms with Crippen LogP contribution in [-0.4, -0.2) is 39.9 Å². The number of piperidine rings is 1. The van der Waals surface area contributed by atoms with E-state index < -0.39 is 0 Å². The lowest BCUT2D eigenvalue weighted by atomic mass is 10.1. The number of hydrogen-bond donors (Lipinski definition) is 2. The van der Waals surface area contributed by atoms with Gasteiger partial charge in [0.2, 0.25) is 5.91 Å². The van der Waals surface area contributed by atoms with Gasteiger partial charge in [-0.1, -0.05) is 12.1 Å². The summed E-state index contributed by atoms with van der Waals surface area (Å²) in [7, 11) is 0. The molecule has 3 heterocycles. The van der Waals surface area contributed by atoms with E-state index in [1.54, 1.807) is 18.6 Å². The molecule has 2 N–H and O–H groups in total. The van der Waals surface area contributed by atoms with Crippen LogP contribution in [0.2, 0.25) is 0 Å². The Labute approximate surface area is 164 Å². The summed E-state index contributed by atoms with van der Waals surface area (Å²) in [4.78, 5) is 22.9. The van der Waals surface area contributed by atoms with Crippen molar-refractivity contribution in [2.45, 2.75) is 32.2 Å². The van der Waals surface area contributed by atoms with Crippen molar-refractivity contribution >= 4 is 23.1 Å². The topological polar surface area (TPSA) is 74.6 Å². The van der Waals surface area contributed by atoms with Crippen LogP contribution in [-0.2, 0) is 11.3 Å². The summed E-state index contributed by atoms with van der Waals surface area (Å²) in [6.45, 7) is 3.40. The summed E-state index contributed by atoms with van der Waals surface area (Å²) in [5.74, 6) is 0.890. The Bertz CT molecular complexity index is 914. The monoisotopic (exact) mass is 378 g/mol. The highest BCUT2D eigenvalue weighted by atomic mass is 16.1. The predicted molar refractivity (Wildman–Crippen MR) is 110 cm³/mol. The highest BCUT2D eigenvalue weighted by Crippen LogP contribution is 2.20. The molecule has 0 bridgehead atoms. The zero-order chi connectivity index (χ0) is 19.2. The molecule has 0 radical (unpaired) electrons. The van der Waals surface area contributed by atoms with Crippen molar-refractivity contribution in [2.75, 3.05) is 29.9 Å². The van der Waals surface area contributed by atoms with E-state index in [4.69, 9.17) is 0 Å². The third-order valence-electron chi connectivity index (χ3n) is 5.12. The number of carbonyl (C=O) groups excluding carboxylic acids is 1. The lowest BCUT2D eigenvalue weighted by Gasteiger charge is -2.28. The number of amides is 1. The first-order chi connectivity index (χ1) is 13.8. The fourth-order valence-electron chi connectivity index (χ4n) is 3.54. The van der Waals surface area contributed by atoms with Crippen LogP contribution in [0.15, 0.2) is 49.1 Å². The molecule has 1 amide bonds. The summed E-state index contributed by atoms with van der Waals surface area (Å²) < 4.78 is 1.91. The van der Waals surface area contributed by atoms with Gasteiger partial charge in [0.1, 0.15) is 5.82 Å². The molecule has 1 aromatic carbocycles. The number of hydrogen-bond acceptors (Lipinski definition) is 5. The maximum atomic E-state index is 12.1. The highest BCUT2D eigenvalue weighted by molar-refractivity contribution is 5.76. The maximum Gasteiger partial charge on any atom is 0.222 e. The molecule has 7 nitrogen and oxygen atoms in total. The van der Waals surface area contributed by atoms with E-state index in [9.17, 15) is 4.79 Å². The molecule has 0 saturated carbocycles. The molecule has 1 fully saturated rings. The van der Waals surface area contributed by atoms with Gasteiger partial charge in [-0.05, 0) is 37.0 Å². The van der Waals surface area contributed by atoms with Gasteiger partial charge in [0.15, 0.2) is 5.65 Å². The molecule has 0 unspecified atom stereocenters. The molecule has 1 aliphatic rings. The number of fused-ring (bicyclic) bond motifs is 1. The van der Waals surface area contributed by atoms with E-state index in [0.717, 1.165) is 30.1 Å². The van der Waals surface area contributed by atoms with Gasteiger partial charge in [0, 0.05) is 50.7 Å². The average molecular weight is 378 g/mol. The van der Waals surface area contributed by atoms with E-state index in [1.165, 1.54) is 24.9 Å². The molecule has 1 aliphatic heterocycles. The van der Waals surface area contributed by atoms with Gasteiger partial charge in [-0.3, -0.25) is 14.2 Å². The molecule has 1 saturated heterocycles. The Morgan fingerprint density at radius 2 is 1.89 bits per heavy atom. The second-order valence-corrected chi connectivity index (χ2v) is 7.12. The van der Waals surface area contributed by atoms with Crippen LogP contribution in [0.3, 0.4) is 0 Å². The van der Waals surface area contributed by atoms with E-state index in [0.29, 0.717) is 19.5 Å². The second kappa shape index (κ2) is 8.73. The van der Waals surface area contributed by atoms with Gasteiger partial charge in [0.25, 0.3) is 0 Å². The number of aromatic nitrogens is 3. The van der Waals surface area contributed by atoms with E-state index in [1.807, 2.05) is 10.6 Å². The normalized spacial score (nSPS) is 14.2. The lowest BCUT2D eigenvalue weighted by Crippen LogP contribution is -2.29. The van der Waals surface area contributed by atoms with Gasteiger partial charge in [-0.15, -0.1) is 0 Å². The van der Waals surface area contributed by atoms with Gasteiger partial charge < -0.3 is 15.5 Å². The van der Waals surface area contributed by atoms with Crippen LogP contribution < -0.4 is 15.5 Å². The van der Waals surface area contributed by atoms with Crippen LogP contribution in [0.4, 0.5) is 11.5 Å². The molecular formula is C21H26N6O. The Morgan fingerprint density at radius 3 is 2.71 bits per heavy atom. The minimum Gasteiger partial charge on any atom is -0.372 e. The van der Waals surface area contributed by atoms with Crippen LogP contribution >= 0.6 is 0 Å². The van der Waals surface area contributed by atoms with Crippen LogP contribution in [0.25, 0.3) is 5.65 Å². The molecular weight excluding hydrogens is 352 g/mol. The summed E-state index contributed by atoms with van der Waals surface area (Å²) in [5, 5.41) is 6.24. The van der Waals surface area contributed by atoms with Gasteiger partial charge >= 0.3 is 0 Å². The first-order valence-electron chi connectivity index (χ1n) is 9.91.